The lowest BCUT2D eigenvalue weighted by Gasteiger charge is -2.25. The van der Waals surface area contributed by atoms with Gasteiger partial charge in [-0.05, 0) is 30.5 Å². The molecule has 0 aromatic heterocycles. The second-order valence-electron chi connectivity index (χ2n) is 4.06. The number of hydrogen-bond acceptors (Lipinski definition) is 4. The number of rotatable bonds is 3. The van der Waals surface area contributed by atoms with Gasteiger partial charge in [0.05, 0.1) is 0 Å². The van der Waals surface area contributed by atoms with Gasteiger partial charge in [-0.2, -0.15) is 0 Å². The molecule has 1 aliphatic rings. The molecule has 0 bridgehead atoms. The number of nitrogens with one attached hydrogen (secondary N) is 1. The third-order valence-electron chi connectivity index (χ3n) is 2.68. The molecule has 4 nitrogen and oxygen atoms in total. The number of guanidine groups is 1. The van der Waals surface area contributed by atoms with Crippen LogP contribution in [0.15, 0.2) is 41.5 Å². The van der Waals surface area contributed by atoms with Gasteiger partial charge in [-0.1, -0.05) is 18.2 Å². The van der Waals surface area contributed by atoms with Gasteiger partial charge in [-0.3, -0.25) is 0 Å². The molecule has 2 rings (SSSR count). The number of aliphatic imine (C=N–C) groups is 1. The van der Waals surface area contributed by atoms with Crippen LogP contribution in [0.5, 0.6) is 0 Å². The van der Waals surface area contributed by atoms with Crippen molar-refractivity contribution in [2.75, 3.05) is 0 Å². The van der Waals surface area contributed by atoms with Gasteiger partial charge in [0.15, 0.2) is 5.96 Å². The standard InChI is InChI=1S/C12H15FN4/c13-10-4-2-1-3-9(10)5-6-12(15)7-8-16-11(14)17-12/h1-4,7-8H,5-6,15H2,(H3,14,16,17). The van der Waals surface area contributed by atoms with E-state index in [1.807, 2.05) is 0 Å². The molecule has 90 valence electrons. The van der Waals surface area contributed by atoms with Gasteiger partial charge >= 0.3 is 0 Å². The van der Waals surface area contributed by atoms with E-state index in [1.165, 1.54) is 6.07 Å². The van der Waals surface area contributed by atoms with Crippen molar-refractivity contribution in [2.45, 2.75) is 18.5 Å². The highest BCUT2D eigenvalue weighted by Crippen LogP contribution is 2.18. The smallest absolute Gasteiger partial charge is 0.194 e. The molecule has 17 heavy (non-hydrogen) atoms. The normalized spacial score (nSPS) is 23.1. The van der Waals surface area contributed by atoms with Crippen LogP contribution in [-0.4, -0.2) is 11.6 Å². The Kier molecular flexibility index (Phi) is 3.10. The lowest BCUT2D eigenvalue weighted by molar-refractivity contribution is 0.492. The molecule has 0 radical (unpaired) electrons. The van der Waals surface area contributed by atoms with E-state index in [0.29, 0.717) is 18.4 Å². The van der Waals surface area contributed by atoms with E-state index in [4.69, 9.17) is 11.5 Å². The fourth-order valence-electron chi connectivity index (χ4n) is 1.74. The van der Waals surface area contributed by atoms with Crippen LogP contribution in [0, 0.1) is 5.82 Å². The van der Waals surface area contributed by atoms with E-state index >= 15 is 0 Å². The second kappa shape index (κ2) is 4.55. The highest BCUT2D eigenvalue weighted by molar-refractivity contribution is 5.80. The van der Waals surface area contributed by atoms with Gasteiger partial charge in [0, 0.05) is 6.20 Å². The molecular formula is C12H15FN4. The quantitative estimate of drug-likeness (QED) is 0.725. The summed E-state index contributed by atoms with van der Waals surface area (Å²) in [4.78, 5) is 4.11. The minimum absolute atomic E-state index is 0.217. The molecule has 5 N–H and O–H groups in total. The van der Waals surface area contributed by atoms with Gasteiger partial charge in [0.25, 0.3) is 0 Å². The van der Waals surface area contributed by atoms with E-state index in [1.54, 1.807) is 30.5 Å². The van der Waals surface area contributed by atoms with Crippen LogP contribution in [0.2, 0.25) is 0 Å². The van der Waals surface area contributed by atoms with Crippen LogP contribution in [0.3, 0.4) is 0 Å². The number of hydrogen-bond donors (Lipinski definition) is 3. The van der Waals surface area contributed by atoms with Gasteiger partial charge in [-0.25, -0.2) is 9.38 Å². The molecule has 1 aliphatic heterocycles. The molecule has 0 saturated heterocycles. The first-order chi connectivity index (χ1) is 8.09. The third kappa shape index (κ3) is 2.82. The molecule has 0 amide bonds. The van der Waals surface area contributed by atoms with E-state index in [2.05, 4.69) is 10.3 Å². The van der Waals surface area contributed by atoms with Crippen molar-refractivity contribution in [3.8, 4) is 0 Å². The Hall–Kier alpha value is -1.88. The zero-order chi connectivity index (χ0) is 12.3. The molecule has 0 fully saturated rings. The molecule has 5 heteroatoms. The first kappa shape index (κ1) is 11.6. The van der Waals surface area contributed by atoms with E-state index < -0.39 is 5.66 Å². The summed E-state index contributed by atoms with van der Waals surface area (Å²) in [7, 11) is 0. The Labute approximate surface area is 99.2 Å². The molecule has 1 atom stereocenters. The predicted molar refractivity (Wildman–Crippen MR) is 65.5 cm³/mol. The maximum absolute atomic E-state index is 13.4. The van der Waals surface area contributed by atoms with Crippen LogP contribution in [0.4, 0.5) is 4.39 Å². The highest BCUT2D eigenvalue weighted by Gasteiger charge is 2.23. The zero-order valence-electron chi connectivity index (χ0n) is 9.36. The Morgan fingerprint density at radius 2 is 2.12 bits per heavy atom. The number of nitrogens with zero attached hydrogens (tertiary/aromatic N) is 1. The van der Waals surface area contributed by atoms with Crippen molar-refractivity contribution in [1.82, 2.24) is 5.32 Å². The zero-order valence-corrected chi connectivity index (χ0v) is 9.36. The number of nitrogens with two attached hydrogens (primary N) is 2. The van der Waals surface area contributed by atoms with Crippen LogP contribution in [-0.2, 0) is 6.42 Å². The molecule has 0 aliphatic carbocycles. The van der Waals surface area contributed by atoms with Crippen LogP contribution < -0.4 is 16.8 Å². The third-order valence-corrected chi connectivity index (χ3v) is 2.68. The minimum atomic E-state index is -0.850. The van der Waals surface area contributed by atoms with Gasteiger partial charge in [-0.15, -0.1) is 0 Å². The monoisotopic (exact) mass is 234 g/mol. The van der Waals surface area contributed by atoms with Crippen molar-refractivity contribution in [3.05, 3.63) is 47.9 Å². The summed E-state index contributed by atoms with van der Waals surface area (Å²) in [6, 6.07) is 6.65. The van der Waals surface area contributed by atoms with E-state index in [9.17, 15) is 4.39 Å². The summed E-state index contributed by atoms with van der Waals surface area (Å²) in [6.45, 7) is 0. The summed E-state index contributed by atoms with van der Waals surface area (Å²) in [5.41, 5.74) is 11.4. The average molecular weight is 234 g/mol. The molecule has 1 unspecified atom stereocenters. The molecule has 0 spiro atoms. The van der Waals surface area contributed by atoms with Crippen LogP contribution in [0.25, 0.3) is 0 Å². The highest BCUT2D eigenvalue weighted by atomic mass is 19.1. The predicted octanol–water partition coefficient (Wildman–Crippen LogP) is 0.845. The average Bonchev–Trinajstić information content (AvgIpc) is 2.28. The molecule has 1 aromatic rings. The minimum Gasteiger partial charge on any atom is -0.370 e. The molecular weight excluding hydrogens is 219 g/mol. The van der Waals surface area contributed by atoms with E-state index in [-0.39, 0.29) is 11.8 Å². The van der Waals surface area contributed by atoms with Crippen molar-refractivity contribution in [2.24, 2.45) is 16.5 Å². The summed E-state index contributed by atoms with van der Waals surface area (Å²) >= 11 is 0. The number of halogens is 1. The van der Waals surface area contributed by atoms with Crippen LogP contribution >= 0.6 is 0 Å². The lowest BCUT2D eigenvalue weighted by Crippen LogP contribution is -2.44. The second-order valence-corrected chi connectivity index (χ2v) is 4.06. The van der Waals surface area contributed by atoms with Gasteiger partial charge in [0.2, 0.25) is 0 Å². The Morgan fingerprint density at radius 3 is 2.82 bits per heavy atom. The lowest BCUT2D eigenvalue weighted by atomic mass is 10.00. The Balaban J connectivity index is 2.06. The first-order valence-corrected chi connectivity index (χ1v) is 5.41. The Morgan fingerprint density at radius 1 is 1.35 bits per heavy atom. The fraction of sp³-hybridized carbons (Fsp3) is 0.250. The number of aryl methyl sites for hydroxylation is 1. The topological polar surface area (TPSA) is 76.4 Å². The summed E-state index contributed by atoms with van der Waals surface area (Å²) in [5, 5.41) is 2.74. The molecule has 1 aromatic carbocycles. The van der Waals surface area contributed by atoms with Gasteiger partial charge < -0.3 is 16.8 Å². The van der Waals surface area contributed by atoms with E-state index in [0.717, 1.165) is 0 Å². The maximum Gasteiger partial charge on any atom is 0.194 e. The van der Waals surface area contributed by atoms with Crippen molar-refractivity contribution in [1.29, 1.82) is 0 Å². The maximum atomic E-state index is 13.4. The van der Waals surface area contributed by atoms with Crippen molar-refractivity contribution >= 4 is 5.96 Å². The Bertz CT molecular complexity index is 469. The molecule has 1 heterocycles. The summed E-state index contributed by atoms with van der Waals surface area (Å²) in [5.74, 6) is 0.0644. The fourth-order valence-corrected chi connectivity index (χ4v) is 1.74. The SMILES string of the molecule is NC1=NC(N)(CCc2ccccc2F)C=CN1. The van der Waals surface area contributed by atoms with Crippen LogP contribution in [0.1, 0.15) is 12.0 Å². The molecule has 0 saturated carbocycles. The van der Waals surface area contributed by atoms with Gasteiger partial charge in [0.1, 0.15) is 11.5 Å². The number of benzene rings is 1. The summed E-state index contributed by atoms with van der Waals surface area (Å²) in [6.07, 6.45) is 4.41. The summed E-state index contributed by atoms with van der Waals surface area (Å²) < 4.78 is 13.4. The first-order valence-electron chi connectivity index (χ1n) is 5.41. The van der Waals surface area contributed by atoms with Crippen molar-refractivity contribution < 1.29 is 4.39 Å². The largest absolute Gasteiger partial charge is 0.370 e. The van der Waals surface area contributed by atoms with Crippen molar-refractivity contribution in [3.63, 3.8) is 0 Å².